The zero-order chi connectivity index (χ0) is 16.9. The van der Waals surface area contributed by atoms with Crippen LogP contribution in [0, 0.1) is 0 Å². The summed E-state index contributed by atoms with van der Waals surface area (Å²) in [7, 11) is 0. The lowest BCUT2D eigenvalue weighted by molar-refractivity contribution is -0.00269. The van der Waals surface area contributed by atoms with Crippen LogP contribution in [-0.2, 0) is 16.1 Å². The number of benzene rings is 1. The smallest absolute Gasteiger partial charge is 0.410 e. The molecule has 0 aliphatic carbocycles. The molecule has 0 fully saturated rings. The highest BCUT2D eigenvalue weighted by Gasteiger charge is 2.29. The van der Waals surface area contributed by atoms with E-state index in [1.807, 2.05) is 30.3 Å². The number of rotatable bonds is 3. The van der Waals surface area contributed by atoms with Gasteiger partial charge in [0.15, 0.2) is 0 Å². The van der Waals surface area contributed by atoms with Crippen LogP contribution in [0.5, 0.6) is 0 Å². The largest absolute Gasteiger partial charge is 0.444 e. The van der Waals surface area contributed by atoms with E-state index in [1.54, 1.807) is 32.9 Å². The van der Waals surface area contributed by atoms with E-state index < -0.39 is 24.0 Å². The average molecular weight is 321 g/mol. The summed E-state index contributed by atoms with van der Waals surface area (Å²) in [5.41, 5.74) is 0.392. The number of carbonyl (C=O) groups is 1. The number of halogens is 1. The van der Waals surface area contributed by atoms with Gasteiger partial charge < -0.3 is 14.4 Å². The Kier molecular flexibility index (Phi) is 5.77. The molecule has 5 heteroatoms. The number of amides is 1. The van der Waals surface area contributed by atoms with E-state index in [2.05, 4.69) is 0 Å². The van der Waals surface area contributed by atoms with Gasteiger partial charge in [-0.1, -0.05) is 42.5 Å². The molecule has 1 heterocycles. The molecule has 126 valence electrons. The molecule has 0 bridgehead atoms. The standard InChI is InChI=1S/C18H24FNO3/c1-18(2,3)23-17(21)20-11-7-10-16(15(19)12-20)22-13-14-8-5-4-6-9-14/h4-10,15-16H,11-13H2,1-3H3/t15-,16-/m1/s1. The number of ether oxygens (including phenoxy) is 2. The summed E-state index contributed by atoms with van der Waals surface area (Å²) in [6.07, 6.45) is 0.970. The van der Waals surface area contributed by atoms with E-state index >= 15 is 0 Å². The maximum Gasteiger partial charge on any atom is 0.410 e. The fourth-order valence-corrected chi connectivity index (χ4v) is 2.23. The molecular formula is C18H24FNO3. The fourth-order valence-electron chi connectivity index (χ4n) is 2.23. The zero-order valence-electron chi connectivity index (χ0n) is 13.9. The van der Waals surface area contributed by atoms with Crippen molar-refractivity contribution in [1.29, 1.82) is 0 Å². The van der Waals surface area contributed by atoms with Gasteiger partial charge in [-0.05, 0) is 26.3 Å². The SMILES string of the molecule is CC(C)(C)OC(=O)N1CC=C[C@@H](OCc2ccccc2)[C@H](F)C1. The molecule has 1 aliphatic heterocycles. The summed E-state index contributed by atoms with van der Waals surface area (Å²) in [6, 6.07) is 9.62. The van der Waals surface area contributed by atoms with Crippen LogP contribution in [0.15, 0.2) is 42.5 Å². The minimum atomic E-state index is -1.29. The van der Waals surface area contributed by atoms with E-state index in [9.17, 15) is 9.18 Å². The Balaban J connectivity index is 1.90. The van der Waals surface area contributed by atoms with E-state index in [0.717, 1.165) is 5.56 Å². The van der Waals surface area contributed by atoms with Gasteiger partial charge in [0.2, 0.25) is 0 Å². The quantitative estimate of drug-likeness (QED) is 0.797. The molecular weight excluding hydrogens is 297 g/mol. The van der Waals surface area contributed by atoms with Crippen molar-refractivity contribution in [1.82, 2.24) is 4.90 Å². The molecule has 0 unspecified atom stereocenters. The highest BCUT2D eigenvalue weighted by atomic mass is 19.1. The molecule has 0 saturated heterocycles. The molecule has 0 spiro atoms. The first-order valence-corrected chi connectivity index (χ1v) is 7.79. The predicted octanol–water partition coefficient (Wildman–Crippen LogP) is 3.72. The van der Waals surface area contributed by atoms with Crippen molar-refractivity contribution in [2.75, 3.05) is 13.1 Å². The Labute approximate surface area is 136 Å². The van der Waals surface area contributed by atoms with E-state index in [1.165, 1.54) is 4.90 Å². The van der Waals surface area contributed by atoms with Crippen LogP contribution in [0.1, 0.15) is 26.3 Å². The summed E-state index contributed by atoms with van der Waals surface area (Å²) in [4.78, 5) is 13.4. The Hall–Kier alpha value is -1.88. The lowest BCUT2D eigenvalue weighted by atomic mass is 10.2. The summed E-state index contributed by atoms with van der Waals surface area (Å²) in [5, 5.41) is 0. The van der Waals surface area contributed by atoms with Gasteiger partial charge in [-0.2, -0.15) is 0 Å². The van der Waals surface area contributed by atoms with Crippen molar-refractivity contribution in [3.8, 4) is 0 Å². The summed E-state index contributed by atoms with van der Waals surface area (Å²) >= 11 is 0. The van der Waals surface area contributed by atoms with Crippen LogP contribution in [0.3, 0.4) is 0 Å². The van der Waals surface area contributed by atoms with Gasteiger partial charge in [-0.3, -0.25) is 0 Å². The highest BCUT2D eigenvalue weighted by Crippen LogP contribution is 2.17. The molecule has 1 amide bonds. The maximum atomic E-state index is 14.4. The zero-order valence-corrected chi connectivity index (χ0v) is 13.9. The predicted molar refractivity (Wildman–Crippen MR) is 86.9 cm³/mol. The first-order chi connectivity index (χ1) is 10.8. The minimum absolute atomic E-state index is 0.0403. The molecule has 1 aliphatic rings. The normalized spacial score (nSPS) is 21.8. The maximum absolute atomic E-state index is 14.4. The Morgan fingerprint density at radius 1 is 1.30 bits per heavy atom. The molecule has 1 aromatic carbocycles. The van der Waals surface area contributed by atoms with Crippen LogP contribution in [0.4, 0.5) is 9.18 Å². The lowest BCUT2D eigenvalue weighted by Crippen LogP contribution is -2.41. The Morgan fingerprint density at radius 3 is 2.65 bits per heavy atom. The molecule has 2 rings (SSSR count). The highest BCUT2D eigenvalue weighted by molar-refractivity contribution is 5.68. The molecule has 4 nitrogen and oxygen atoms in total. The second-order valence-corrected chi connectivity index (χ2v) is 6.59. The minimum Gasteiger partial charge on any atom is -0.444 e. The number of hydrogen-bond donors (Lipinski definition) is 0. The van der Waals surface area contributed by atoms with Crippen molar-refractivity contribution < 1.29 is 18.7 Å². The molecule has 0 N–H and O–H groups in total. The molecule has 0 saturated carbocycles. The van der Waals surface area contributed by atoms with E-state index in [-0.39, 0.29) is 6.54 Å². The van der Waals surface area contributed by atoms with Crippen LogP contribution in [0.25, 0.3) is 0 Å². The first kappa shape index (κ1) is 17.5. The molecule has 23 heavy (non-hydrogen) atoms. The summed E-state index contributed by atoms with van der Waals surface area (Å²) < 4.78 is 25.4. The van der Waals surface area contributed by atoms with Crippen LogP contribution < -0.4 is 0 Å². The fraction of sp³-hybridized carbons (Fsp3) is 0.500. The van der Waals surface area contributed by atoms with Gasteiger partial charge >= 0.3 is 6.09 Å². The van der Waals surface area contributed by atoms with Crippen molar-refractivity contribution in [3.63, 3.8) is 0 Å². The topological polar surface area (TPSA) is 38.8 Å². The second-order valence-electron chi connectivity index (χ2n) is 6.59. The number of alkyl halides is 1. The molecule has 1 aromatic rings. The third-order valence-corrected chi connectivity index (χ3v) is 3.34. The molecule has 2 atom stereocenters. The van der Waals surface area contributed by atoms with Gasteiger partial charge in [-0.15, -0.1) is 0 Å². The van der Waals surface area contributed by atoms with Gasteiger partial charge in [0.25, 0.3) is 0 Å². The van der Waals surface area contributed by atoms with Crippen LogP contribution >= 0.6 is 0 Å². The molecule has 0 aromatic heterocycles. The van der Waals surface area contributed by atoms with E-state index in [4.69, 9.17) is 9.47 Å². The van der Waals surface area contributed by atoms with Gasteiger partial charge in [0.1, 0.15) is 17.9 Å². The Morgan fingerprint density at radius 2 is 2.00 bits per heavy atom. The van der Waals surface area contributed by atoms with Crippen LogP contribution in [-0.4, -0.2) is 42.0 Å². The van der Waals surface area contributed by atoms with Crippen molar-refractivity contribution in [2.45, 2.75) is 45.3 Å². The lowest BCUT2D eigenvalue weighted by Gasteiger charge is -2.27. The summed E-state index contributed by atoms with van der Waals surface area (Å²) in [5.74, 6) is 0. The Bertz CT molecular complexity index is 539. The van der Waals surface area contributed by atoms with Crippen LogP contribution in [0.2, 0.25) is 0 Å². The van der Waals surface area contributed by atoms with Gasteiger partial charge in [0.05, 0.1) is 13.2 Å². The number of carbonyl (C=O) groups excluding carboxylic acids is 1. The average Bonchev–Trinajstić information content (AvgIpc) is 2.66. The van der Waals surface area contributed by atoms with Crippen molar-refractivity contribution in [2.24, 2.45) is 0 Å². The number of nitrogens with zero attached hydrogens (tertiary/aromatic N) is 1. The molecule has 0 radical (unpaired) electrons. The van der Waals surface area contributed by atoms with Crippen molar-refractivity contribution >= 4 is 6.09 Å². The number of hydrogen-bond acceptors (Lipinski definition) is 3. The third-order valence-electron chi connectivity index (χ3n) is 3.34. The monoisotopic (exact) mass is 321 g/mol. The summed E-state index contributed by atoms with van der Waals surface area (Å²) in [6.45, 7) is 5.98. The van der Waals surface area contributed by atoms with E-state index in [0.29, 0.717) is 13.2 Å². The van der Waals surface area contributed by atoms with Crippen molar-refractivity contribution in [3.05, 3.63) is 48.0 Å². The first-order valence-electron chi connectivity index (χ1n) is 7.79. The van der Waals surface area contributed by atoms with Gasteiger partial charge in [0, 0.05) is 6.54 Å². The third kappa shape index (κ3) is 5.67. The van der Waals surface area contributed by atoms with Gasteiger partial charge in [-0.25, -0.2) is 9.18 Å². The second kappa shape index (κ2) is 7.59.